The third-order valence-corrected chi connectivity index (χ3v) is 5.10. The lowest BCUT2D eigenvalue weighted by Gasteiger charge is -2.53. The van der Waals surface area contributed by atoms with Crippen LogP contribution >= 0.6 is 0 Å². The Balaban J connectivity index is 1.61. The number of aliphatic hydroxyl groups excluding tert-OH is 2. The van der Waals surface area contributed by atoms with Gasteiger partial charge in [-0.3, -0.25) is 9.69 Å². The summed E-state index contributed by atoms with van der Waals surface area (Å²) in [5.74, 6) is 0.952. The maximum Gasteiger partial charge on any atom is 0.232 e. The van der Waals surface area contributed by atoms with Crippen LogP contribution in [0, 0.1) is 19.3 Å². The second-order valence-corrected chi connectivity index (χ2v) is 6.92. The molecule has 0 saturated carbocycles. The summed E-state index contributed by atoms with van der Waals surface area (Å²) in [7, 11) is 0. The molecule has 2 N–H and O–H groups in total. The molecule has 0 aromatic carbocycles. The van der Waals surface area contributed by atoms with E-state index in [0.29, 0.717) is 19.6 Å². The van der Waals surface area contributed by atoms with Crippen LogP contribution < -0.4 is 0 Å². The number of piperidine rings is 1. The van der Waals surface area contributed by atoms with Gasteiger partial charge in [-0.2, -0.15) is 0 Å². The van der Waals surface area contributed by atoms with Crippen LogP contribution in [0.1, 0.15) is 29.9 Å². The maximum atomic E-state index is 12.7. The molecule has 2 saturated heterocycles. The number of likely N-dealkylation sites (tertiary alicyclic amines) is 2. The van der Waals surface area contributed by atoms with E-state index in [-0.39, 0.29) is 17.9 Å². The Kier molecular flexibility index (Phi) is 4.44. The number of aromatic nitrogens is 1. The largest absolute Gasteiger partial charge is 0.394 e. The fraction of sp³-hybridized carbons (Fsp3) is 0.750. The number of amides is 1. The number of β-amino-alcohol motifs (C(OH)–C–C–N with tert-alkyl or cyclic N) is 1. The van der Waals surface area contributed by atoms with E-state index in [1.807, 2.05) is 18.7 Å². The summed E-state index contributed by atoms with van der Waals surface area (Å²) >= 11 is 0. The van der Waals surface area contributed by atoms with Gasteiger partial charge >= 0.3 is 0 Å². The van der Waals surface area contributed by atoms with Gasteiger partial charge in [0.2, 0.25) is 5.91 Å². The van der Waals surface area contributed by atoms with Gasteiger partial charge in [-0.1, -0.05) is 5.16 Å². The summed E-state index contributed by atoms with van der Waals surface area (Å²) in [4.78, 5) is 16.7. The van der Waals surface area contributed by atoms with Gasteiger partial charge in [0.1, 0.15) is 5.76 Å². The highest BCUT2D eigenvalue weighted by atomic mass is 16.5. The zero-order valence-electron chi connectivity index (χ0n) is 13.8. The van der Waals surface area contributed by atoms with Crippen molar-refractivity contribution in [3.8, 4) is 0 Å². The number of carbonyl (C=O) groups excluding carboxylic acids is 1. The molecule has 128 valence electrons. The zero-order chi connectivity index (χ0) is 16.6. The Morgan fingerprint density at radius 1 is 1.39 bits per heavy atom. The fourth-order valence-electron chi connectivity index (χ4n) is 3.84. The van der Waals surface area contributed by atoms with Crippen LogP contribution in [-0.2, 0) is 11.3 Å². The van der Waals surface area contributed by atoms with Crippen LogP contribution in [0.4, 0.5) is 0 Å². The second-order valence-electron chi connectivity index (χ2n) is 6.92. The Morgan fingerprint density at radius 2 is 2.17 bits per heavy atom. The summed E-state index contributed by atoms with van der Waals surface area (Å²) in [6.07, 6.45) is 1.11. The minimum atomic E-state index is -0.737. The molecule has 1 aromatic heterocycles. The van der Waals surface area contributed by atoms with Crippen LogP contribution in [-0.4, -0.2) is 70.0 Å². The van der Waals surface area contributed by atoms with Gasteiger partial charge in [0.05, 0.1) is 30.4 Å². The van der Waals surface area contributed by atoms with Gasteiger partial charge in [-0.15, -0.1) is 0 Å². The average molecular weight is 323 g/mol. The third-order valence-electron chi connectivity index (χ3n) is 5.10. The van der Waals surface area contributed by atoms with E-state index >= 15 is 0 Å². The summed E-state index contributed by atoms with van der Waals surface area (Å²) < 4.78 is 5.16. The molecule has 2 aliphatic heterocycles. The number of hydrogen-bond acceptors (Lipinski definition) is 6. The Bertz CT molecular complexity index is 568. The normalized spacial score (nSPS) is 26.6. The van der Waals surface area contributed by atoms with E-state index in [1.165, 1.54) is 0 Å². The van der Waals surface area contributed by atoms with Crippen molar-refractivity contribution in [2.24, 2.45) is 5.41 Å². The first-order chi connectivity index (χ1) is 10.9. The Hall–Kier alpha value is -1.44. The summed E-state index contributed by atoms with van der Waals surface area (Å²) in [5.41, 5.74) is 1.52. The topological polar surface area (TPSA) is 90.0 Å². The molecule has 0 aliphatic carbocycles. The van der Waals surface area contributed by atoms with E-state index in [1.54, 1.807) is 0 Å². The van der Waals surface area contributed by atoms with Gasteiger partial charge in [0, 0.05) is 25.2 Å². The number of β-lactam (4-membered cyclic amide) rings is 1. The lowest BCUT2D eigenvalue weighted by Crippen LogP contribution is -2.66. The van der Waals surface area contributed by atoms with Gasteiger partial charge in [0.15, 0.2) is 0 Å². The van der Waals surface area contributed by atoms with Crippen LogP contribution in [0.5, 0.6) is 0 Å². The number of aryl methyl sites for hydroxylation is 2. The molecule has 3 rings (SSSR count). The predicted octanol–water partition coefficient (Wildman–Crippen LogP) is 0.0690. The predicted molar refractivity (Wildman–Crippen MR) is 82.6 cm³/mol. The molecular weight excluding hydrogens is 298 g/mol. The van der Waals surface area contributed by atoms with E-state index < -0.39 is 6.10 Å². The van der Waals surface area contributed by atoms with Crippen LogP contribution in [0.25, 0.3) is 0 Å². The molecule has 23 heavy (non-hydrogen) atoms. The minimum Gasteiger partial charge on any atom is -0.394 e. The average Bonchev–Trinajstić information content (AvgIpc) is 2.86. The number of nitrogens with zero attached hydrogens (tertiary/aromatic N) is 3. The van der Waals surface area contributed by atoms with Gasteiger partial charge in [-0.05, 0) is 33.2 Å². The molecular formula is C16H25N3O4. The molecule has 2 fully saturated rings. The molecule has 1 spiro atoms. The molecule has 1 aromatic rings. The molecule has 0 unspecified atom stereocenters. The highest BCUT2D eigenvalue weighted by Gasteiger charge is 2.53. The first-order valence-corrected chi connectivity index (χ1v) is 8.17. The SMILES string of the molecule is Cc1noc(C)c1CN1C[C@@]2(CCCN(C[C@@H](O)CO)C2)C1=O. The van der Waals surface area contributed by atoms with Gasteiger partial charge < -0.3 is 19.6 Å². The molecule has 1 amide bonds. The van der Waals surface area contributed by atoms with Crippen molar-refractivity contribution in [3.05, 3.63) is 17.0 Å². The minimum absolute atomic E-state index is 0.181. The first kappa shape index (κ1) is 16.4. The van der Waals surface area contributed by atoms with Crippen molar-refractivity contribution in [2.45, 2.75) is 39.3 Å². The van der Waals surface area contributed by atoms with Crippen molar-refractivity contribution >= 4 is 5.91 Å². The van der Waals surface area contributed by atoms with Crippen LogP contribution in [0.15, 0.2) is 4.52 Å². The van der Waals surface area contributed by atoms with E-state index in [9.17, 15) is 9.90 Å². The number of carbonyl (C=O) groups is 1. The molecule has 7 heteroatoms. The third kappa shape index (κ3) is 3.00. The fourth-order valence-corrected chi connectivity index (χ4v) is 3.84. The summed E-state index contributed by atoms with van der Waals surface area (Å²) in [6, 6.07) is 0. The summed E-state index contributed by atoms with van der Waals surface area (Å²) in [5, 5.41) is 22.5. The molecule has 2 aliphatic rings. The smallest absolute Gasteiger partial charge is 0.232 e. The second kappa shape index (κ2) is 6.22. The standard InChI is InChI=1S/C16H25N3O4/c1-11-14(12(2)23-17-11)7-19-10-16(15(19)22)4-3-5-18(9-16)6-13(21)8-20/h13,20-21H,3-10H2,1-2H3/t13-,16+/m1/s1. The quantitative estimate of drug-likeness (QED) is 0.745. The van der Waals surface area contributed by atoms with Crippen molar-refractivity contribution in [3.63, 3.8) is 0 Å². The van der Waals surface area contributed by atoms with E-state index in [2.05, 4.69) is 10.1 Å². The maximum absolute atomic E-state index is 12.7. The van der Waals surface area contributed by atoms with Crippen molar-refractivity contribution in [1.29, 1.82) is 0 Å². The number of aliphatic hydroxyl groups is 2. The highest BCUT2D eigenvalue weighted by molar-refractivity contribution is 5.89. The molecule has 3 heterocycles. The molecule has 7 nitrogen and oxygen atoms in total. The van der Waals surface area contributed by atoms with Crippen LogP contribution in [0.3, 0.4) is 0 Å². The van der Waals surface area contributed by atoms with Crippen molar-refractivity contribution < 1.29 is 19.5 Å². The van der Waals surface area contributed by atoms with Crippen LogP contribution in [0.2, 0.25) is 0 Å². The Morgan fingerprint density at radius 3 is 2.78 bits per heavy atom. The monoisotopic (exact) mass is 323 g/mol. The Labute approximate surface area is 135 Å². The lowest BCUT2D eigenvalue weighted by atomic mass is 9.72. The summed E-state index contributed by atoms with van der Waals surface area (Å²) in [6.45, 7) is 6.78. The first-order valence-electron chi connectivity index (χ1n) is 8.17. The van der Waals surface area contributed by atoms with E-state index in [4.69, 9.17) is 9.63 Å². The van der Waals surface area contributed by atoms with Crippen molar-refractivity contribution in [2.75, 3.05) is 32.8 Å². The molecule has 0 radical (unpaired) electrons. The lowest BCUT2D eigenvalue weighted by molar-refractivity contribution is -0.168. The molecule has 0 bridgehead atoms. The number of rotatable bonds is 5. The van der Waals surface area contributed by atoms with Gasteiger partial charge in [0.25, 0.3) is 0 Å². The van der Waals surface area contributed by atoms with Gasteiger partial charge in [-0.25, -0.2) is 0 Å². The number of hydrogen-bond donors (Lipinski definition) is 2. The van der Waals surface area contributed by atoms with E-state index in [0.717, 1.165) is 42.9 Å². The zero-order valence-corrected chi connectivity index (χ0v) is 13.8. The molecule has 2 atom stereocenters. The van der Waals surface area contributed by atoms with Crippen molar-refractivity contribution in [1.82, 2.24) is 15.0 Å². The highest BCUT2D eigenvalue weighted by Crippen LogP contribution is 2.41.